The predicted octanol–water partition coefficient (Wildman–Crippen LogP) is 1.20. The summed E-state index contributed by atoms with van der Waals surface area (Å²) in [5.41, 5.74) is 5.45. The standard InChI is InChI=1S/C16H16FN3O4S/c1-25(23,24)20-14-4-2-3-12(10-14)16(22)19-18-15(21)9-11-5-7-13(17)8-6-11/h2-8,10,20H,9H2,1H3,(H,18,21)(H,19,22). The highest BCUT2D eigenvalue weighted by molar-refractivity contribution is 7.92. The van der Waals surface area contributed by atoms with Gasteiger partial charge in [-0.2, -0.15) is 0 Å². The normalized spacial score (nSPS) is 10.8. The van der Waals surface area contributed by atoms with E-state index in [0.29, 0.717) is 5.56 Å². The minimum atomic E-state index is -3.46. The van der Waals surface area contributed by atoms with Crippen molar-refractivity contribution in [2.45, 2.75) is 6.42 Å². The highest BCUT2D eigenvalue weighted by Crippen LogP contribution is 2.11. The van der Waals surface area contributed by atoms with Crippen LogP contribution in [0.2, 0.25) is 0 Å². The molecule has 0 saturated heterocycles. The molecular weight excluding hydrogens is 349 g/mol. The third-order valence-electron chi connectivity index (χ3n) is 3.02. The lowest BCUT2D eigenvalue weighted by molar-refractivity contribution is -0.121. The van der Waals surface area contributed by atoms with Crippen LogP contribution in [-0.2, 0) is 21.2 Å². The maximum atomic E-state index is 12.8. The predicted molar refractivity (Wildman–Crippen MR) is 90.6 cm³/mol. The molecule has 0 bridgehead atoms. The summed E-state index contributed by atoms with van der Waals surface area (Å²) in [4.78, 5) is 23.8. The fourth-order valence-corrected chi connectivity index (χ4v) is 2.52. The van der Waals surface area contributed by atoms with Gasteiger partial charge in [-0.3, -0.25) is 25.2 Å². The van der Waals surface area contributed by atoms with Gasteiger partial charge >= 0.3 is 0 Å². The van der Waals surface area contributed by atoms with E-state index in [9.17, 15) is 22.4 Å². The van der Waals surface area contributed by atoms with E-state index < -0.39 is 27.7 Å². The molecule has 0 unspecified atom stereocenters. The molecule has 0 aromatic heterocycles. The molecule has 2 aromatic rings. The number of amides is 2. The maximum Gasteiger partial charge on any atom is 0.269 e. The van der Waals surface area contributed by atoms with Crippen LogP contribution < -0.4 is 15.6 Å². The molecule has 2 aromatic carbocycles. The third-order valence-corrected chi connectivity index (χ3v) is 3.63. The molecule has 132 valence electrons. The lowest BCUT2D eigenvalue weighted by atomic mass is 10.1. The highest BCUT2D eigenvalue weighted by Gasteiger charge is 2.10. The maximum absolute atomic E-state index is 12.8. The first-order valence-corrected chi connectivity index (χ1v) is 9.03. The molecule has 0 aliphatic carbocycles. The summed E-state index contributed by atoms with van der Waals surface area (Å²) in [5, 5.41) is 0. The van der Waals surface area contributed by atoms with Gasteiger partial charge in [-0.15, -0.1) is 0 Å². The second kappa shape index (κ2) is 7.75. The van der Waals surface area contributed by atoms with Gasteiger partial charge in [-0.25, -0.2) is 12.8 Å². The fraction of sp³-hybridized carbons (Fsp3) is 0.125. The first-order valence-electron chi connectivity index (χ1n) is 7.14. The van der Waals surface area contributed by atoms with Crippen molar-refractivity contribution in [3.05, 3.63) is 65.5 Å². The number of rotatable bonds is 5. The van der Waals surface area contributed by atoms with Crippen LogP contribution in [0.1, 0.15) is 15.9 Å². The molecule has 0 spiro atoms. The van der Waals surface area contributed by atoms with Crippen molar-refractivity contribution in [1.82, 2.24) is 10.9 Å². The molecule has 2 rings (SSSR count). The summed E-state index contributed by atoms with van der Waals surface area (Å²) < 4.78 is 37.5. The molecule has 7 nitrogen and oxygen atoms in total. The number of hydrogen-bond donors (Lipinski definition) is 3. The van der Waals surface area contributed by atoms with Gasteiger partial charge in [0.2, 0.25) is 15.9 Å². The number of hydrazine groups is 1. The summed E-state index contributed by atoms with van der Waals surface area (Å²) in [7, 11) is -3.46. The lowest BCUT2D eigenvalue weighted by Crippen LogP contribution is -2.42. The van der Waals surface area contributed by atoms with Crippen LogP contribution in [0.25, 0.3) is 0 Å². The average molecular weight is 365 g/mol. The van der Waals surface area contributed by atoms with Gasteiger partial charge in [0.25, 0.3) is 5.91 Å². The first kappa shape index (κ1) is 18.4. The second-order valence-corrected chi connectivity index (χ2v) is 7.01. The Balaban J connectivity index is 1.92. The highest BCUT2D eigenvalue weighted by atomic mass is 32.2. The van der Waals surface area contributed by atoms with Crippen LogP contribution in [0.15, 0.2) is 48.5 Å². The molecule has 0 aliphatic rings. The molecule has 0 aliphatic heterocycles. The Bertz CT molecular complexity index is 883. The van der Waals surface area contributed by atoms with Crippen LogP contribution in [0.5, 0.6) is 0 Å². The van der Waals surface area contributed by atoms with Crippen molar-refractivity contribution in [2.24, 2.45) is 0 Å². The molecular formula is C16H16FN3O4S. The van der Waals surface area contributed by atoms with Gasteiger partial charge in [-0.1, -0.05) is 18.2 Å². The summed E-state index contributed by atoms with van der Waals surface area (Å²) in [6.45, 7) is 0. The third kappa shape index (κ3) is 6.22. The van der Waals surface area contributed by atoms with E-state index in [2.05, 4.69) is 15.6 Å². The van der Waals surface area contributed by atoms with Crippen molar-refractivity contribution < 1.29 is 22.4 Å². The minimum absolute atomic E-state index is 0.0315. The Morgan fingerprint density at radius 2 is 1.72 bits per heavy atom. The van der Waals surface area contributed by atoms with Crippen molar-refractivity contribution in [1.29, 1.82) is 0 Å². The Morgan fingerprint density at radius 1 is 1.04 bits per heavy atom. The number of hydrogen-bond acceptors (Lipinski definition) is 4. The molecule has 3 N–H and O–H groups in total. The van der Waals surface area contributed by atoms with Crippen LogP contribution >= 0.6 is 0 Å². The zero-order valence-corrected chi connectivity index (χ0v) is 14.1. The first-order chi connectivity index (χ1) is 11.7. The van der Waals surface area contributed by atoms with E-state index in [0.717, 1.165) is 6.26 Å². The van der Waals surface area contributed by atoms with Gasteiger partial charge in [0.1, 0.15) is 5.82 Å². The van der Waals surface area contributed by atoms with E-state index in [-0.39, 0.29) is 17.7 Å². The van der Waals surface area contributed by atoms with Crippen molar-refractivity contribution in [2.75, 3.05) is 11.0 Å². The van der Waals surface area contributed by atoms with Crippen LogP contribution in [0, 0.1) is 5.82 Å². The van der Waals surface area contributed by atoms with Gasteiger partial charge in [-0.05, 0) is 35.9 Å². The molecule has 0 atom stereocenters. The summed E-state index contributed by atoms with van der Waals surface area (Å²) in [5.74, 6) is -1.49. The molecule has 0 fully saturated rings. The van der Waals surface area contributed by atoms with E-state index in [1.807, 2.05) is 0 Å². The van der Waals surface area contributed by atoms with E-state index in [1.54, 1.807) is 0 Å². The van der Waals surface area contributed by atoms with Crippen LogP contribution in [0.4, 0.5) is 10.1 Å². The van der Waals surface area contributed by atoms with Gasteiger partial charge in [0.15, 0.2) is 0 Å². The largest absolute Gasteiger partial charge is 0.284 e. The Kier molecular flexibility index (Phi) is 5.71. The zero-order chi connectivity index (χ0) is 18.4. The number of halogens is 1. The number of carbonyl (C=O) groups excluding carboxylic acids is 2. The van der Waals surface area contributed by atoms with Gasteiger partial charge in [0, 0.05) is 11.3 Å². The van der Waals surface area contributed by atoms with E-state index >= 15 is 0 Å². The molecule has 0 heterocycles. The molecule has 0 radical (unpaired) electrons. The van der Waals surface area contributed by atoms with Gasteiger partial charge < -0.3 is 0 Å². The second-order valence-electron chi connectivity index (χ2n) is 5.26. The minimum Gasteiger partial charge on any atom is -0.284 e. The van der Waals surface area contributed by atoms with E-state index in [4.69, 9.17) is 0 Å². The lowest BCUT2D eigenvalue weighted by Gasteiger charge is -2.09. The van der Waals surface area contributed by atoms with Crippen LogP contribution in [-0.4, -0.2) is 26.5 Å². The van der Waals surface area contributed by atoms with Crippen LogP contribution in [0.3, 0.4) is 0 Å². The Labute approximate surface area is 144 Å². The SMILES string of the molecule is CS(=O)(=O)Nc1cccc(C(=O)NNC(=O)Cc2ccc(F)cc2)c1. The zero-order valence-electron chi connectivity index (χ0n) is 13.2. The Hall–Kier alpha value is -2.94. The molecule has 0 saturated carbocycles. The number of benzene rings is 2. The number of nitrogens with one attached hydrogen (secondary N) is 3. The smallest absolute Gasteiger partial charge is 0.269 e. The van der Waals surface area contributed by atoms with E-state index in [1.165, 1.54) is 48.5 Å². The molecule has 2 amide bonds. The van der Waals surface area contributed by atoms with Crippen molar-refractivity contribution >= 4 is 27.5 Å². The molecule has 25 heavy (non-hydrogen) atoms. The fourth-order valence-electron chi connectivity index (χ4n) is 1.97. The Morgan fingerprint density at radius 3 is 2.36 bits per heavy atom. The number of anilines is 1. The quantitative estimate of drug-likeness (QED) is 0.693. The summed E-state index contributed by atoms with van der Waals surface area (Å²) >= 11 is 0. The van der Waals surface area contributed by atoms with Crippen molar-refractivity contribution in [3.63, 3.8) is 0 Å². The summed E-state index contributed by atoms with van der Waals surface area (Å²) in [6, 6.07) is 11.2. The van der Waals surface area contributed by atoms with Gasteiger partial charge in [0.05, 0.1) is 12.7 Å². The number of carbonyl (C=O) groups is 2. The molecule has 9 heteroatoms. The summed E-state index contributed by atoms with van der Waals surface area (Å²) in [6.07, 6.45) is 0.964. The average Bonchev–Trinajstić information content (AvgIpc) is 2.53. The topological polar surface area (TPSA) is 104 Å². The monoisotopic (exact) mass is 365 g/mol. The van der Waals surface area contributed by atoms with Crippen molar-refractivity contribution in [3.8, 4) is 0 Å². The number of sulfonamides is 1.